The Morgan fingerprint density at radius 2 is 1.62 bits per heavy atom. The summed E-state index contributed by atoms with van der Waals surface area (Å²) in [4.78, 5) is 0. The molecule has 6 heteroatoms. The van der Waals surface area contributed by atoms with Gasteiger partial charge in [0.15, 0.2) is 0 Å². The summed E-state index contributed by atoms with van der Waals surface area (Å²) in [6.45, 7) is 13.4. The van der Waals surface area contributed by atoms with Crippen molar-refractivity contribution < 1.29 is 21.6 Å². The zero-order chi connectivity index (χ0) is 13.2. The molecule has 0 saturated carbocycles. The van der Waals surface area contributed by atoms with Crippen LogP contribution < -0.4 is 0 Å². The van der Waals surface area contributed by atoms with Crippen LogP contribution in [-0.2, 0) is 14.6 Å². The molecule has 0 N–H and O–H groups in total. The molecule has 5 nitrogen and oxygen atoms in total. The van der Waals surface area contributed by atoms with E-state index in [0.717, 1.165) is 0 Å². The fourth-order valence-electron chi connectivity index (χ4n) is 0.802. The smallest absolute Gasteiger partial charge is 0.217 e. The molecule has 0 heterocycles. The van der Waals surface area contributed by atoms with Crippen LogP contribution in [-0.4, -0.2) is 50.7 Å². The van der Waals surface area contributed by atoms with Crippen molar-refractivity contribution in [3.8, 4) is 0 Å². The van der Waals surface area contributed by atoms with Crippen molar-refractivity contribution in [1.29, 1.82) is 0 Å². The summed E-state index contributed by atoms with van der Waals surface area (Å²) >= 11 is 0. The zero-order valence-corrected chi connectivity index (χ0v) is 11.4. The van der Waals surface area contributed by atoms with Gasteiger partial charge < -0.3 is 9.04 Å². The first-order chi connectivity index (χ1) is 7.24. The molecule has 0 aliphatic rings. The molecular formula is C10H23NO4S. The van der Waals surface area contributed by atoms with Crippen LogP contribution in [0.1, 0.15) is 20.8 Å². The molecule has 16 heavy (non-hydrogen) atoms. The Labute approximate surface area is 99.3 Å². The van der Waals surface area contributed by atoms with Crippen LogP contribution in [0.2, 0.25) is 0 Å². The lowest BCUT2D eigenvalue weighted by atomic mass is 10.4. The fraction of sp³-hybridized carbons (Fsp3) is 0.800. The van der Waals surface area contributed by atoms with Crippen LogP contribution in [0.5, 0.6) is 0 Å². The largest absolute Gasteiger partial charge is 0.726 e. The summed E-state index contributed by atoms with van der Waals surface area (Å²) < 4.78 is 33.6. The van der Waals surface area contributed by atoms with E-state index in [0.29, 0.717) is 0 Å². The average Bonchev–Trinajstić information content (AvgIpc) is 2.25. The summed E-state index contributed by atoms with van der Waals surface area (Å²) in [6, 6.07) is 0. The van der Waals surface area contributed by atoms with Crippen molar-refractivity contribution in [2.75, 3.05) is 33.3 Å². The van der Waals surface area contributed by atoms with Crippen molar-refractivity contribution >= 4 is 10.4 Å². The number of hydrogen-bond donors (Lipinski definition) is 0. The maximum atomic E-state index is 9.56. The lowest BCUT2D eigenvalue weighted by Crippen LogP contribution is -2.42. The topological polar surface area (TPSA) is 66.4 Å². The van der Waals surface area contributed by atoms with Gasteiger partial charge in [-0.2, -0.15) is 0 Å². The molecule has 0 aromatic carbocycles. The molecule has 0 aliphatic carbocycles. The van der Waals surface area contributed by atoms with Gasteiger partial charge in [0.05, 0.1) is 33.3 Å². The lowest BCUT2D eigenvalue weighted by Gasteiger charge is -2.30. The van der Waals surface area contributed by atoms with Gasteiger partial charge in [-0.3, -0.25) is 4.18 Å². The Kier molecular flexibility index (Phi) is 9.75. The Balaban J connectivity index is 0. The monoisotopic (exact) mass is 253 g/mol. The first-order valence-corrected chi connectivity index (χ1v) is 6.62. The maximum Gasteiger partial charge on any atom is 0.217 e. The van der Waals surface area contributed by atoms with E-state index in [9.17, 15) is 13.0 Å². The first kappa shape index (κ1) is 17.9. The summed E-state index contributed by atoms with van der Waals surface area (Å²) in [6.07, 6.45) is 1.18. The summed E-state index contributed by atoms with van der Waals surface area (Å²) in [7, 11) is -2.22. The zero-order valence-electron chi connectivity index (χ0n) is 10.6. The van der Waals surface area contributed by atoms with Crippen LogP contribution in [0.25, 0.3) is 0 Å². The number of hydrogen-bond acceptors (Lipinski definition) is 4. The van der Waals surface area contributed by atoms with Crippen molar-refractivity contribution in [2.45, 2.75) is 20.8 Å². The van der Waals surface area contributed by atoms with E-state index >= 15 is 0 Å². The standard InChI is InChI=1S/C7H18N.C3H6O4S/c1-5-8(4,6-2)7-3;1-2-3-7-8(4,5)6/h5-7H2,1-4H3;2H,1,3H2,(H,4,5,6)/q+1;/p-1. The van der Waals surface area contributed by atoms with E-state index < -0.39 is 10.4 Å². The second-order valence-corrected chi connectivity index (χ2v) is 4.60. The molecule has 0 aromatic heterocycles. The lowest BCUT2D eigenvalue weighted by molar-refractivity contribution is -0.904. The van der Waals surface area contributed by atoms with Gasteiger partial charge in [-0.25, -0.2) is 8.42 Å². The first-order valence-electron chi connectivity index (χ1n) is 5.29. The van der Waals surface area contributed by atoms with Crippen molar-refractivity contribution in [3.05, 3.63) is 12.7 Å². The molecule has 0 aliphatic heterocycles. The highest BCUT2D eigenvalue weighted by molar-refractivity contribution is 7.80. The third kappa shape index (κ3) is 11.6. The van der Waals surface area contributed by atoms with E-state index in [2.05, 4.69) is 38.6 Å². The van der Waals surface area contributed by atoms with Gasteiger partial charge in [0, 0.05) is 0 Å². The van der Waals surface area contributed by atoms with Gasteiger partial charge in [-0.05, 0) is 20.8 Å². The molecular weight excluding hydrogens is 230 g/mol. The SMILES string of the molecule is C=CCOS(=O)(=O)[O-].CC[N+](C)(CC)CC. The van der Waals surface area contributed by atoms with Crippen LogP contribution in [0.15, 0.2) is 12.7 Å². The predicted molar refractivity (Wildman–Crippen MR) is 63.7 cm³/mol. The minimum atomic E-state index is -4.51. The average molecular weight is 253 g/mol. The normalized spacial score (nSPS) is 11.6. The molecule has 0 saturated heterocycles. The number of nitrogens with zero attached hydrogens (tertiary/aromatic N) is 1. The number of quaternary nitrogens is 1. The van der Waals surface area contributed by atoms with Crippen LogP contribution in [0.3, 0.4) is 0 Å². The van der Waals surface area contributed by atoms with Gasteiger partial charge >= 0.3 is 0 Å². The van der Waals surface area contributed by atoms with Gasteiger partial charge in [0.2, 0.25) is 10.4 Å². The highest BCUT2D eigenvalue weighted by Gasteiger charge is 2.10. The summed E-state index contributed by atoms with van der Waals surface area (Å²) in [5.41, 5.74) is 0. The van der Waals surface area contributed by atoms with Crippen molar-refractivity contribution in [1.82, 2.24) is 0 Å². The van der Waals surface area contributed by atoms with E-state index in [1.54, 1.807) is 0 Å². The third-order valence-electron chi connectivity index (χ3n) is 2.62. The Bertz CT molecular complexity index is 262. The van der Waals surface area contributed by atoms with E-state index in [1.807, 2.05) is 0 Å². The molecule has 0 rings (SSSR count). The second kappa shape index (κ2) is 8.69. The Hall–Kier alpha value is -0.430. The molecule has 98 valence electrons. The molecule has 0 spiro atoms. The van der Waals surface area contributed by atoms with Crippen LogP contribution in [0, 0.1) is 0 Å². The molecule has 0 aromatic rings. The fourth-order valence-corrected chi connectivity index (χ4v) is 1.07. The summed E-state index contributed by atoms with van der Waals surface area (Å²) in [5.74, 6) is 0. The minimum Gasteiger partial charge on any atom is -0.726 e. The molecule has 0 fully saturated rings. The molecule has 0 amide bonds. The molecule has 0 atom stereocenters. The predicted octanol–water partition coefficient (Wildman–Crippen LogP) is 1.14. The third-order valence-corrected chi connectivity index (χ3v) is 3.05. The van der Waals surface area contributed by atoms with E-state index in [-0.39, 0.29) is 6.61 Å². The quantitative estimate of drug-likeness (QED) is 0.308. The Morgan fingerprint density at radius 1 is 1.25 bits per heavy atom. The Morgan fingerprint density at radius 3 is 1.69 bits per heavy atom. The molecule has 0 unspecified atom stereocenters. The van der Waals surface area contributed by atoms with Crippen LogP contribution >= 0.6 is 0 Å². The van der Waals surface area contributed by atoms with Crippen molar-refractivity contribution in [2.24, 2.45) is 0 Å². The van der Waals surface area contributed by atoms with Gasteiger partial charge in [-0.1, -0.05) is 6.08 Å². The second-order valence-electron chi connectivity index (χ2n) is 3.55. The van der Waals surface area contributed by atoms with Crippen LogP contribution in [0.4, 0.5) is 0 Å². The van der Waals surface area contributed by atoms with Gasteiger partial charge in [0.1, 0.15) is 0 Å². The summed E-state index contributed by atoms with van der Waals surface area (Å²) in [5, 5.41) is 0. The molecule has 0 bridgehead atoms. The van der Waals surface area contributed by atoms with Crippen molar-refractivity contribution in [3.63, 3.8) is 0 Å². The highest BCUT2D eigenvalue weighted by atomic mass is 32.3. The van der Waals surface area contributed by atoms with Gasteiger partial charge in [0.25, 0.3) is 0 Å². The minimum absolute atomic E-state index is 0.258. The number of rotatable bonds is 6. The van der Waals surface area contributed by atoms with Gasteiger partial charge in [-0.15, -0.1) is 6.58 Å². The van der Waals surface area contributed by atoms with E-state index in [1.165, 1.54) is 30.2 Å². The molecule has 0 radical (unpaired) electrons. The van der Waals surface area contributed by atoms with E-state index in [4.69, 9.17) is 0 Å². The maximum absolute atomic E-state index is 9.56. The highest BCUT2D eigenvalue weighted by Crippen LogP contribution is 1.97.